The predicted molar refractivity (Wildman–Crippen MR) is 124 cm³/mol. The van der Waals surface area contributed by atoms with Crippen LogP contribution in [0.1, 0.15) is 12.6 Å². The highest BCUT2D eigenvalue weighted by Crippen LogP contribution is 2.29. The first-order valence-corrected chi connectivity index (χ1v) is 9.65. The van der Waals surface area contributed by atoms with Crippen LogP contribution in [0.15, 0.2) is 89.3 Å². The highest BCUT2D eigenvalue weighted by Gasteiger charge is 2.13. The largest absolute Gasteiger partial charge is 0.452 e. The zero-order valence-electron chi connectivity index (χ0n) is 17.3. The third-order valence-electron chi connectivity index (χ3n) is 4.23. The summed E-state index contributed by atoms with van der Waals surface area (Å²) in [5.41, 5.74) is 13.1. The molecule has 3 rings (SSSR count). The number of anilines is 1. The van der Waals surface area contributed by atoms with Crippen molar-refractivity contribution in [2.24, 2.45) is 16.5 Å². The molecule has 3 aromatic rings. The topological polar surface area (TPSA) is 116 Å². The van der Waals surface area contributed by atoms with Crippen molar-refractivity contribution in [2.75, 3.05) is 5.32 Å². The van der Waals surface area contributed by atoms with Gasteiger partial charge in [-0.05, 0) is 55.6 Å². The number of rotatable bonds is 7. The van der Waals surface area contributed by atoms with Crippen LogP contribution < -0.4 is 21.5 Å². The molecule has 1 heterocycles. The monoisotopic (exact) mass is 431 g/mol. The first-order chi connectivity index (χ1) is 15.5. The molecule has 0 saturated heterocycles. The fourth-order valence-electron chi connectivity index (χ4n) is 2.68. The van der Waals surface area contributed by atoms with Gasteiger partial charge in [-0.25, -0.2) is 4.39 Å². The number of carbonyl (C=O) groups is 1. The van der Waals surface area contributed by atoms with Gasteiger partial charge < -0.3 is 21.5 Å². The lowest BCUT2D eigenvalue weighted by Crippen LogP contribution is -2.19. The molecule has 0 spiro atoms. The molecule has 8 heteroatoms. The summed E-state index contributed by atoms with van der Waals surface area (Å²) in [6.07, 6.45) is 5.81. The number of aliphatic imine (C=N–C) groups is 1. The van der Waals surface area contributed by atoms with Crippen molar-refractivity contribution in [3.63, 3.8) is 0 Å². The van der Waals surface area contributed by atoms with Gasteiger partial charge in [-0.1, -0.05) is 18.2 Å². The molecular formula is C24H22FN5O2. The highest BCUT2D eigenvalue weighted by atomic mass is 19.1. The molecule has 5 N–H and O–H groups in total. The number of ether oxygens (including phenoxy) is 1. The fraction of sp³-hybridized carbons (Fsp3) is 0.0417. The molecule has 0 fully saturated rings. The highest BCUT2D eigenvalue weighted by molar-refractivity contribution is 6.18. The minimum Gasteiger partial charge on any atom is -0.452 e. The van der Waals surface area contributed by atoms with Crippen molar-refractivity contribution < 1.29 is 13.9 Å². The molecule has 0 aliphatic carbocycles. The Bertz CT molecular complexity index is 1190. The number of aromatic nitrogens is 1. The summed E-state index contributed by atoms with van der Waals surface area (Å²) in [7, 11) is 0. The first kappa shape index (κ1) is 22.2. The second-order valence-electron chi connectivity index (χ2n) is 6.64. The number of carbonyl (C=O) groups excluding carboxylic acids is 1. The van der Waals surface area contributed by atoms with Crippen molar-refractivity contribution in [3.8, 4) is 11.5 Å². The van der Waals surface area contributed by atoms with E-state index in [0.29, 0.717) is 17.1 Å². The van der Waals surface area contributed by atoms with Gasteiger partial charge in [-0.3, -0.25) is 14.8 Å². The number of hydrogen-bond acceptors (Lipinski definition) is 6. The Kier molecular flexibility index (Phi) is 7.32. The molecule has 0 radical (unpaired) electrons. The van der Waals surface area contributed by atoms with Crippen LogP contribution in [0.4, 0.5) is 15.8 Å². The minimum atomic E-state index is -0.665. The molecule has 7 nitrogen and oxygen atoms in total. The number of hydrogen-bond donors (Lipinski definition) is 3. The van der Waals surface area contributed by atoms with Crippen molar-refractivity contribution in [1.29, 1.82) is 0 Å². The third-order valence-corrected chi connectivity index (χ3v) is 4.23. The number of pyridine rings is 1. The zero-order chi connectivity index (χ0) is 22.9. The molecule has 162 valence electrons. The van der Waals surface area contributed by atoms with Crippen LogP contribution in [0.5, 0.6) is 11.5 Å². The van der Waals surface area contributed by atoms with Crippen LogP contribution in [0, 0.1) is 5.82 Å². The maximum Gasteiger partial charge on any atom is 0.258 e. The van der Waals surface area contributed by atoms with Gasteiger partial charge in [0.05, 0.1) is 11.3 Å². The van der Waals surface area contributed by atoms with E-state index in [2.05, 4.69) is 15.3 Å². The molecule has 0 saturated carbocycles. The number of allylic oxidation sites excluding steroid dienone is 1. The van der Waals surface area contributed by atoms with Crippen molar-refractivity contribution >= 4 is 29.6 Å². The van der Waals surface area contributed by atoms with E-state index < -0.39 is 11.7 Å². The van der Waals surface area contributed by atoms with Gasteiger partial charge >= 0.3 is 0 Å². The second-order valence-corrected chi connectivity index (χ2v) is 6.64. The van der Waals surface area contributed by atoms with Gasteiger partial charge in [0.1, 0.15) is 5.69 Å². The maximum absolute atomic E-state index is 14.6. The van der Waals surface area contributed by atoms with Gasteiger partial charge in [-0.2, -0.15) is 0 Å². The van der Waals surface area contributed by atoms with E-state index in [1.807, 2.05) is 18.2 Å². The Balaban J connectivity index is 1.75. The second kappa shape index (κ2) is 10.5. The van der Waals surface area contributed by atoms with E-state index in [4.69, 9.17) is 16.2 Å². The molecule has 0 bridgehead atoms. The third kappa shape index (κ3) is 5.79. The van der Waals surface area contributed by atoms with Crippen LogP contribution >= 0.6 is 0 Å². The average molecular weight is 431 g/mol. The number of nitrogens with two attached hydrogens (primary N) is 2. The fourth-order valence-corrected chi connectivity index (χ4v) is 2.68. The molecule has 1 amide bonds. The lowest BCUT2D eigenvalue weighted by Gasteiger charge is -2.11. The van der Waals surface area contributed by atoms with E-state index in [0.717, 1.165) is 6.07 Å². The molecule has 2 aromatic carbocycles. The molecule has 0 atom stereocenters. The van der Waals surface area contributed by atoms with Crippen LogP contribution in [-0.4, -0.2) is 17.1 Å². The van der Waals surface area contributed by atoms with Gasteiger partial charge in [0.15, 0.2) is 17.3 Å². The SMILES string of the molecule is CC(N)=C(C=Nc1ccccc1)C(=O)Nc1ccc(Oc2cccnc2C=CN)c(F)c1. The van der Waals surface area contributed by atoms with Gasteiger partial charge in [0, 0.05) is 29.9 Å². The molecular weight excluding hydrogens is 409 g/mol. The molecule has 0 aliphatic heterocycles. The summed E-state index contributed by atoms with van der Waals surface area (Å²) in [6.45, 7) is 1.59. The summed E-state index contributed by atoms with van der Waals surface area (Å²) in [5.74, 6) is -0.868. The van der Waals surface area contributed by atoms with E-state index in [9.17, 15) is 9.18 Å². The Morgan fingerprint density at radius 3 is 2.59 bits per heavy atom. The number of nitrogens with one attached hydrogen (secondary N) is 1. The number of para-hydroxylation sites is 1. The standard InChI is InChI=1S/C24H22FN5O2/c1-16(27)19(15-29-17-6-3-2-4-7-17)24(31)30-18-9-10-22(20(25)14-18)32-23-8-5-13-28-21(23)11-12-26/h2-15H,26-27H2,1H3,(H,30,31). The van der Waals surface area contributed by atoms with Crippen molar-refractivity contribution in [2.45, 2.75) is 6.92 Å². The molecule has 0 unspecified atom stereocenters. The minimum absolute atomic E-state index is 0.0286. The summed E-state index contributed by atoms with van der Waals surface area (Å²) in [5, 5.41) is 2.62. The van der Waals surface area contributed by atoms with Crippen molar-refractivity contribution in [3.05, 3.63) is 95.8 Å². The summed E-state index contributed by atoms with van der Waals surface area (Å²) in [4.78, 5) is 21.0. The average Bonchev–Trinajstić information content (AvgIpc) is 2.77. The van der Waals surface area contributed by atoms with E-state index in [1.54, 1.807) is 43.5 Å². The number of benzene rings is 2. The molecule has 1 aromatic heterocycles. The van der Waals surface area contributed by atoms with E-state index in [1.165, 1.54) is 24.5 Å². The maximum atomic E-state index is 14.6. The Hall–Kier alpha value is -4.46. The Morgan fingerprint density at radius 1 is 1.12 bits per heavy atom. The van der Waals surface area contributed by atoms with Gasteiger partial charge in [0.25, 0.3) is 5.91 Å². The number of amides is 1. The van der Waals surface area contributed by atoms with Crippen LogP contribution in [-0.2, 0) is 4.79 Å². The number of nitrogens with zero attached hydrogens (tertiary/aromatic N) is 2. The summed E-state index contributed by atoms with van der Waals surface area (Å²) >= 11 is 0. The quantitative estimate of drug-likeness (QED) is 0.376. The Morgan fingerprint density at radius 2 is 1.91 bits per heavy atom. The summed E-state index contributed by atoms with van der Waals surface area (Å²) < 4.78 is 20.2. The lowest BCUT2D eigenvalue weighted by atomic mass is 10.2. The first-order valence-electron chi connectivity index (χ1n) is 9.65. The number of halogens is 1. The van der Waals surface area contributed by atoms with Crippen molar-refractivity contribution in [1.82, 2.24) is 4.98 Å². The lowest BCUT2D eigenvalue weighted by molar-refractivity contribution is -0.112. The van der Waals surface area contributed by atoms with Gasteiger partial charge in [0.2, 0.25) is 0 Å². The van der Waals surface area contributed by atoms with E-state index >= 15 is 0 Å². The molecule has 32 heavy (non-hydrogen) atoms. The predicted octanol–water partition coefficient (Wildman–Crippen LogP) is 4.52. The normalized spacial score (nSPS) is 12.1. The smallest absolute Gasteiger partial charge is 0.258 e. The van der Waals surface area contributed by atoms with Crippen LogP contribution in [0.25, 0.3) is 6.08 Å². The Labute approximate surface area is 185 Å². The summed E-state index contributed by atoms with van der Waals surface area (Å²) in [6, 6.07) is 16.5. The van der Waals surface area contributed by atoms with E-state index in [-0.39, 0.29) is 22.7 Å². The van der Waals surface area contributed by atoms with Gasteiger partial charge in [-0.15, -0.1) is 0 Å². The molecule has 0 aliphatic rings. The van der Waals surface area contributed by atoms with Crippen LogP contribution in [0.3, 0.4) is 0 Å². The van der Waals surface area contributed by atoms with Crippen LogP contribution in [0.2, 0.25) is 0 Å². The zero-order valence-corrected chi connectivity index (χ0v) is 17.3.